The number of nitrogens with two attached hydrogens (primary N) is 4. The molecule has 5 aromatic heterocycles. The Morgan fingerprint density at radius 1 is 0.568 bits per heavy atom. The number of sulfonamides is 4. The summed E-state index contributed by atoms with van der Waals surface area (Å²) in [5, 5.41) is 9.63. The van der Waals surface area contributed by atoms with Gasteiger partial charge in [0.15, 0.2) is 5.78 Å². The Bertz CT molecular complexity index is 4470. The van der Waals surface area contributed by atoms with Crippen molar-refractivity contribution in [1.29, 1.82) is 5.26 Å². The van der Waals surface area contributed by atoms with Gasteiger partial charge in [0.1, 0.15) is 85.6 Å². The van der Waals surface area contributed by atoms with Crippen molar-refractivity contribution in [3.8, 4) is 4.98 Å². The molecule has 0 aromatic carbocycles. The lowest BCUT2D eigenvalue weighted by Crippen LogP contribution is -2.54. The van der Waals surface area contributed by atoms with Gasteiger partial charge in [-0.25, -0.2) is 106 Å². The number of aromatic nitrogens is 5. The number of unbranched alkanes of at least 4 members (excludes halogenated alkanes) is 2. The predicted octanol–water partition coefficient (Wildman–Crippen LogP) is 11.5. The minimum atomic E-state index is -3.72. The van der Waals surface area contributed by atoms with E-state index in [9.17, 15) is 52.8 Å². The smallest absolute Gasteiger partial charge is 0.444 e. The lowest BCUT2D eigenvalue weighted by Gasteiger charge is -2.35. The lowest BCUT2D eigenvalue weighted by atomic mass is 10.0. The van der Waals surface area contributed by atoms with Crippen LogP contribution in [0.1, 0.15) is 171 Å². The fraction of sp³-hybridized carbons (Fsp3) is 0.515. The maximum Gasteiger partial charge on any atom is 0.519 e. The Hall–Kier alpha value is -7.15. The first-order valence-electron chi connectivity index (χ1n) is 32.9. The van der Waals surface area contributed by atoms with Gasteiger partial charge >= 0.3 is 18.4 Å². The number of guanidine groups is 3. The van der Waals surface area contributed by atoms with Crippen LogP contribution >= 0.6 is 79.6 Å². The van der Waals surface area contributed by atoms with Crippen LogP contribution in [0.3, 0.4) is 0 Å². The minimum absolute atomic E-state index is 0. The van der Waals surface area contributed by atoms with Crippen LogP contribution in [0.25, 0.3) is 0 Å². The zero-order chi connectivity index (χ0) is 85.2. The summed E-state index contributed by atoms with van der Waals surface area (Å²) in [6.45, 7) is 27.7. The van der Waals surface area contributed by atoms with Gasteiger partial charge in [0.05, 0.1) is 34.1 Å². The molecular formula is C68H103Br5N18O16S4. The topological polar surface area (TPSA) is 505 Å². The van der Waals surface area contributed by atoms with Gasteiger partial charge in [-0.1, -0.05) is 70.9 Å². The van der Waals surface area contributed by atoms with Gasteiger partial charge in [-0.3, -0.25) is 10.1 Å². The summed E-state index contributed by atoms with van der Waals surface area (Å²) in [7, 11) is -8.54. The first-order chi connectivity index (χ1) is 50.1. The van der Waals surface area contributed by atoms with Crippen LogP contribution in [0.5, 0.6) is 0 Å². The fourth-order valence-electron chi connectivity index (χ4n) is 8.72. The van der Waals surface area contributed by atoms with E-state index in [0.29, 0.717) is 46.9 Å². The molecule has 5 aromatic rings. The number of amides is 1. The van der Waals surface area contributed by atoms with E-state index in [1.807, 2.05) is 0 Å². The van der Waals surface area contributed by atoms with Crippen LogP contribution in [0.2, 0.25) is 0 Å². The van der Waals surface area contributed by atoms with Gasteiger partial charge in [-0.2, -0.15) is 5.26 Å². The number of Topliss-reactive ketones (excluding diaryl/α,β-unsaturated/α-hetero) is 1. The first kappa shape index (κ1) is 104. The summed E-state index contributed by atoms with van der Waals surface area (Å²) < 4.78 is 123. The largest absolute Gasteiger partial charge is 0.519 e. The number of ketones is 1. The number of pyridine rings is 5. The normalized spacial score (nSPS) is 19.0. The lowest BCUT2D eigenvalue weighted by molar-refractivity contribution is -0.0294. The third kappa shape index (κ3) is 37.1. The summed E-state index contributed by atoms with van der Waals surface area (Å²) in [6.07, 6.45) is 1.17. The van der Waals surface area contributed by atoms with Crippen LogP contribution in [-0.4, -0.2) is 182 Å². The summed E-state index contributed by atoms with van der Waals surface area (Å²) in [5.41, 5.74) is 19.3. The molecule has 8 heterocycles. The highest BCUT2D eigenvalue weighted by atomic mass is 79.9. The number of hydrogen-bond acceptors (Lipinski definition) is 29. The second-order valence-electron chi connectivity index (χ2n) is 27.7. The molecule has 1 amide bonds. The average Bonchev–Trinajstić information content (AvgIpc) is 0.772. The number of nitrogen functional groups attached to an aromatic ring is 1. The van der Waals surface area contributed by atoms with Gasteiger partial charge < -0.3 is 41.9 Å². The Balaban J connectivity index is 0.00000130. The molecule has 34 nitrogen and oxygen atoms in total. The molecule has 0 spiro atoms. The van der Waals surface area contributed by atoms with Gasteiger partial charge in [-0.15, -0.1) is 0 Å². The summed E-state index contributed by atoms with van der Waals surface area (Å²) in [5.74, 6) is -0.746. The van der Waals surface area contributed by atoms with Gasteiger partial charge in [0.2, 0.25) is 58.0 Å². The molecule has 43 heteroatoms. The molecule has 0 bridgehead atoms. The molecule has 3 aliphatic rings. The number of aliphatic imine (C=N–C) groups is 3. The molecule has 0 unspecified atom stereocenters. The second-order valence-corrected chi connectivity index (χ2v) is 39.3. The van der Waals surface area contributed by atoms with Crippen molar-refractivity contribution in [3.05, 3.63) is 138 Å². The average molecular weight is 1960 g/mol. The summed E-state index contributed by atoms with van der Waals surface area (Å²) in [6, 6.07) is 26.0. The molecule has 10 N–H and O–H groups in total. The van der Waals surface area contributed by atoms with E-state index in [1.165, 1.54) is 54.4 Å². The van der Waals surface area contributed by atoms with Crippen molar-refractivity contribution < 1.29 is 71.8 Å². The molecular weight excluding hydrogens is 1850 g/mol. The summed E-state index contributed by atoms with van der Waals surface area (Å²) >= 11 is 15.4. The van der Waals surface area contributed by atoms with Crippen molar-refractivity contribution >= 4 is 168 Å². The van der Waals surface area contributed by atoms with E-state index in [4.69, 9.17) is 42.4 Å². The number of nitriles is 1. The summed E-state index contributed by atoms with van der Waals surface area (Å²) in [4.78, 5) is 80.0. The number of nitrogens with zero attached hydrogens (tertiary/aromatic N) is 12. The molecule has 111 heavy (non-hydrogen) atoms. The van der Waals surface area contributed by atoms with Crippen molar-refractivity contribution in [1.82, 2.24) is 47.9 Å². The monoisotopic (exact) mass is 1950 g/mol. The molecule has 0 aliphatic carbocycles. The Morgan fingerprint density at radius 2 is 0.910 bits per heavy atom. The number of halogens is 5. The third-order valence-corrected chi connectivity index (χ3v) is 23.2. The van der Waals surface area contributed by atoms with Gasteiger partial charge in [0.25, 0.3) is 0 Å². The molecule has 620 valence electrons. The Kier molecular flexibility index (Phi) is 41.1. The maximum absolute atomic E-state index is 12.5. The Labute approximate surface area is 695 Å². The number of alkyl carbamates (subject to hydrolysis) is 1. The number of ether oxygens (including phenoxy) is 4. The van der Waals surface area contributed by atoms with Crippen molar-refractivity contribution in [2.45, 2.75) is 176 Å². The van der Waals surface area contributed by atoms with Crippen molar-refractivity contribution in [3.63, 3.8) is 0 Å². The number of carbonyl (C=O) groups excluding carboxylic acids is 4. The number of nitrogens with one attached hydrogen (secondary N) is 2. The van der Waals surface area contributed by atoms with Crippen LogP contribution in [0.15, 0.2) is 124 Å². The number of anilines is 1. The molecule has 4 atom stereocenters. The zero-order valence-corrected chi connectivity index (χ0v) is 76.0. The zero-order valence-electron chi connectivity index (χ0n) is 64.8. The highest BCUT2D eigenvalue weighted by molar-refractivity contribution is 9.12. The molecule has 8 rings (SSSR count). The molecule has 0 radical (unpaired) electrons. The minimum Gasteiger partial charge on any atom is -0.444 e. The molecule has 0 saturated heterocycles. The van der Waals surface area contributed by atoms with Crippen molar-refractivity contribution in [2.24, 2.45) is 32.2 Å². The maximum atomic E-state index is 12.5. The third-order valence-electron chi connectivity index (χ3n) is 14.0. The number of hydrogen-bond donors (Lipinski definition) is 6. The van der Waals surface area contributed by atoms with E-state index in [1.54, 1.807) is 186 Å². The van der Waals surface area contributed by atoms with E-state index < -0.39 is 97.5 Å². The van der Waals surface area contributed by atoms with E-state index in [2.05, 4.69) is 148 Å². The quantitative estimate of drug-likeness (QED) is 0.0249. The second kappa shape index (κ2) is 43.9. The predicted molar refractivity (Wildman–Crippen MR) is 448 cm³/mol. The molecule has 0 fully saturated rings. The van der Waals surface area contributed by atoms with Crippen LogP contribution < -0.4 is 33.0 Å². The van der Waals surface area contributed by atoms with Crippen LogP contribution in [-0.2, 0) is 81.2 Å². The Morgan fingerprint density at radius 3 is 1.23 bits per heavy atom. The van der Waals surface area contributed by atoms with Gasteiger partial charge in [0, 0.05) is 44.0 Å². The molecule has 3 aliphatic heterocycles. The molecule has 0 saturated carbocycles. The highest BCUT2D eigenvalue weighted by Gasteiger charge is 2.45. The van der Waals surface area contributed by atoms with Gasteiger partial charge in [-0.05, 0) is 221 Å². The highest BCUT2D eigenvalue weighted by Crippen LogP contribution is 2.34. The van der Waals surface area contributed by atoms with E-state index in [-0.39, 0.29) is 59.9 Å². The number of rotatable bonds is 10. The fourth-order valence-corrected chi connectivity index (χ4v) is 15.5. The van der Waals surface area contributed by atoms with E-state index in [0.717, 1.165) is 12.9 Å². The standard InChI is InChI=1S/C15H23N5O4S.2C10H13BrN4O2S.C10H18O5.C9H14BrN3O2S.C7H6BrNO.C5H12.CBrN.CH4/c1-14(2,3)24-13(21)18-12-19-15(4,9-25(22,23)20(12)5)10-7-6-8-11(16)17-10;2*1-10(7-4-3-5-8(11)13-7)6-18(16,17)15(2)9(12)14-10;1-9(2,3)14-7(11)13-8(12)15-10(4,5)6;1-9(11,6-16(14,15)12-2)7-4-3-5-8(10)13-7;1-5(10)6-3-2-4-7(8)9-6;1-3-5-4-2;2-1-3;/h6-8H,9H2,1-5H3,(H2,16,17)(H,18,19,21);2*3-5H,6H2,1-2H3,(H2,12,14);1-6H3;3-5,12H,6,11H2,1-2H3;2-4H,1H3;3-5H2,1-2H3;;1H4/t15-;2*10-;;9-;;;;/m000.0..../s1. The van der Waals surface area contributed by atoms with Crippen molar-refractivity contribution in [2.75, 3.05) is 56.9 Å². The van der Waals surface area contributed by atoms with E-state index >= 15 is 0 Å². The SMILES string of the molecule is C.CC(=O)c1cccc(Br)n1.CC(C)(C)OC(=O)OC(=O)OC(C)(C)C.CCCCC.CN1C(N)=N[C@](C)(c2cccc(Br)n2)CS1(=O)=O.CN1C(N)=N[C@](C)(c2cccc(Br)n2)CS1(=O)=O.CN1C(NC(=O)OC(C)(C)C)=N[C@](C)(c2cccc(N)n2)CS1(=O)=O.CNS(=O)(=O)C[C@](C)(N)c1cccc(Br)n1.N#CBr. The van der Waals surface area contributed by atoms with Crippen LogP contribution in [0.4, 0.5) is 20.2 Å². The van der Waals surface area contributed by atoms with Crippen LogP contribution in [0, 0.1) is 10.2 Å². The number of carbonyl (C=O) groups is 4. The first-order valence-corrected chi connectivity index (χ1v) is 43.3.